The van der Waals surface area contributed by atoms with Crippen LogP contribution in [0.25, 0.3) is 0 Å². The van der Waals surface area contributed by atoms with Gasteiger partial charge < -0.3 is 5.23 Å². The predicted molar refractivity (Wildman–Crippen MR) is 33.8 cm³/mol. The molecule has 0 saturated carbocycles. The van der Waals surface area contributed by atoms with Crippen molar-refractivity contribution < 1.29 is 0 Å². The molecule has 0 amide bonds. The molecule has 7 heavy (non-hydrogen) atoms. The Balaban J connectivity index is 2.04. The van der Waals surface area contributed by atoms with Gasteiger partial charge in [-0.25, -0.2) is 0 Å². The van der Waals surface area contributed by atoms with Crippen LogP contribution in [0.3, 0.4) is 0 Å². The van der Waals surface area contributed by atoms with Gasteiger partial charge in [-0.15, -0.1) is 0 Å². The maximum Gasteiger partial charge on any atom is 0.201 e. The molecule has 1 N–H and O–H groups in total. The minimum Gasteiger partial charge on any atom is -0.359 e. The fraction of sp³-hybridized carbons (Fsp3) is 1.00. The Labute approximate surface area is 45.8 Å². The molecular weight excluding hydrogens is 84.9 g/mol. The highest BCUT2D eigenvalue weighted by Gasteiger charge is 1.96. The van der Waals surface area contributed by atoms with Crippen LogP contribution in [0.1, 0.15) is 19.3 Å². The maximum absolute atomic E-state index is 3.35. The van der Waals surface area contributed by atoms with E-state index < -0.39 is 0 Å². The Bertz CT molecular complexity index is 27.7. The number of hydrogen-bond acceptors (Lipinski definition) is 1. The van der Waals surface area contributed by atoms with E-state index in [-0.39, 0.29) is 0 Å². The zero-order valence-corrected chi connectivity index (χ0v) is 4.74. The van der Waals surface area contributed by atoms with E-state index in [2.05, 4.69) is 5.23 Å². The molecule has 1 saturated heterocycles. The fourth-order valence-corrected chi connectivity index (χ4v) is 0.979. The van der Waals surface area contributed by atoms with E-state index in [1.54, 1.807) is 0 Å². The molecule has 1 heterocycles. The molecule has 1 aliphatic rings. The van der Waals surface area contributed by atoms with Gasteiger partial charge in [-0.3, -0.25) is 0 Å². The van der Waals surface area contributed by atoms with Crippen molar-refractivity contribution in [3.8, 4) is 0 Å². The Morgan fingerprint density at radius 2 is 2.14 bits per heavy atom. The quantitative estimate of drug-likeness (QED) is 0.434. The van der Waals surface area contributed by atoms with E-state index >= 15 is 0 Å². The van der Waals surface area contributed by atoms with Crippen molar-refractivity contribution in [3.05, 3.63) is 0 Å². The fourth-order valence-electron chi connectivity index (χ4n) is 0.979. The molecule has 1 rings (SSSR count). The summed E-state index contributed by atoms with van der Waals surface area (Å²) in [6.45, 7) is 1.25. The summed E-state index contributed by atoms with van der Waals surface area (Å²) < 4.78 is 0. The standard InChI is InChI=1S/C5H12BN/c1-2-4-6-7-5-3-1/h6-7H,1-5H2. The number of nitrogens with one attached hydrogen (secondary N) is 1. The normalized spacial score (nSPS) is 22.9. The van der Waals surface area contributed by atoms with Crippen LogP contribution < -0.4 is 5.23 Å². The van der Waals surface area contributed by atoms with Crippen LogP contribution in [-0.2, 0) is 0 Å². The van der Waals surface area contributed by atoms with Crippen LogP contribution >= 0.6 is 0 Å². The molecule has 40 valence electrons. The largest absolute Gasteiger partial charge is 0.359 e. The molecule has 0 atom stereocenters. The van der Waals surface area contributed by atoms with Gasteiger partial charge in [0.05, 0.1) is 0 Å². The highest BCUT2D eigenvalue weighted by atomic mass is 14.7. The predicted octanol–water partition coefficient (Wildman–Crippen LogP) is 0.530. The Morgan fingerprint density at radius 1 is 1.14 bits per heavy atom. The molecule has 1 nitrogen and oxygen atoms in total. The van der Waals surface area contributed by atoms with Gasteiger partial charge in [0.2, 0.25) is 7.41 Å². The maximum atomic E-state index is 3.35. The van der Waals surface area contributed by atoms with Crippen molar-refractivity contribution in [1.29, 1.82) is 0 Å². The topological polar surface area (TPSA) is 12.0 Å². The first kappa shape index (κ1) is 5.17. The van der Waals surface area contributed by atoms with Gasteiger partial charge in [-0.1, -0.05) is 19.2 Å². The highest BCUT2D eigenvalue weighted by molar-refractivity contribution is 6.32. The van der Waals surface area contributed by atoms with E-state index in [0.29, 0.717) is 0 Å². The van der Waals surface area contributed by atoms with Crippen LogP contribution in [0.15, 0.2) is 0 Å². The summed E-state index contributed by atoms with van der Waals surface area (Å²) in [5, 5.41) is 3.35. The molecule has 0 unspecified atom stereocenters. The van der Waals surface area contributed by atoms with E-state index in [1.807, 2.05) is 0 Å². The summed E-state index contributed by atoms with van der Waals surface area (Å²) in [4.78, 5) is 0. The molecule has 0 aromatic heterocycles. The summed E-state index contributed by atoms with van der Waals surface area (Å²) in [6, 6.07) is 0. The number of rotatable bonds is 0. The monoisotopic (exact) mass is 97.1 g/mol. The molecule has 1 fully saturated rings. The van der Waals surface area contributed by atoms with Gasteiger partial charge in [0, 0.05) is 0 Å². The second-order valence-electron chi connectivity index (χ2n) is 2.16. The van der Waals surface area contributed by atoms with Gasteiger partial charge >= 0.3 is 0 Å². The van der Waals surface area contributed by atoms with E-state index in [4.69, 9.17) is 0 Å². The van der Waals surface area contributed by atoms with Gasteiger partial charge in [-0.2, -0.15) is 0 Å². The van der Waals surface area contributed by atoms with Gasteiger partial charge in [-0.05, 0) is 13.0 Å². The lowest BCUT2D eigenvalue weighted by atomic mass is 9.88. The zero-order chi connectivity index (χ0) is 4.95. The Morgan fingerprint density at radius 3 is 3.14 bits per heavy atom. The first-order valence-electron chi connectivity index (χ1n) is 3.21. The smallest absolute Gasteiger partial charge is 0.201 e. The minimum atomic E-state index is 1.25. The van der Waals surface area contributed by atoms with Crippen molar-refractivity contribution >= 4 is 7.41 Å². The molecule has 1 aliphatic heterocycles. The summed E-state index contributed by atoms with van der Waals surface area (Å²) in [5.41, 5.74) is 0. The molecular formula is C5H12BN. The van der Waals surface area contributed by atoms with Crippen molar-refractivity contribution in [2.45, 2.75) is 25.6 Å². The minimum absolute atomic E-state index is 1.25. The molecule has 0 aromatic rings. The Kier molecular flexibility index (Phi) is 2.28. The lowest BCUT2D eigenvalue weighted by molar-refractivity contribution is 0.730. The van der Waals surface area contributed by atoms with Crippen LogP contribution in [0, 0.1) is 0 Å². The van der Waals surface area contributed by atoms with Gasteiger partial charge in [0.25, 0.3) is 0 Å². The third-order valence-corrected chi connectivity index (χ3v) is 1.46. The summed E-state index contributed by atoms with van der Waals surface area (Å²) >= 11 is 0. The van der Waals surface area contributed by atoms with Crippen LogP contribution in [0.5, 0.6) is 0 Å². The third-order valence-electron chi connectivity index (χ3n) is 1.46. The average Bonchev–Trinajstić information content (AvgIpc) is 1.90. The molecule has 0 aliphatic carbocycles. The summed E-state index contributed by atoms with van der Waals surface area (Å²) in [7, 11) is 1.25. The van der Waals surface area contributed by atoms with E-state index in [9.17, 15) is 0 Å². The van der Waals surface area contributed by atoms with Crippen molar-refractivity contribution in [1.82, 2.24) is 5.23 Å². The first-order chi connectivity index (χ1) is 3.50. The third kappa shape index (κ3) is 1.98. The van der Waals surface area contributed by atoms with Gasteiger partial charge in [0.15, 0.2) is 0 Å². The highest BCUT2D eigenvalue weighted by Crippen LogP contribution is 2.00. The zero-order valence-electron chi connectivity index (χ0n) is 4.74. The number of hydrogen-bond donors (Lipinski definition) is 1. The lowest BCUT2D eigenvalue weighted by Crippen LogP contribution is -2.16. The molecule has 0 bridgehead atoms. The van der Waals surface area contributed by atoms with Crippen LogP contribution in [-0.4, -0.2) is 14.0 Å². The van der Waals surface area contributed by atoms with Crippen molar-refractivity contribution in [3.63, 3.8) is 0 Å². The van der Waals surface area contributed by atoms with E-state index in [0.717, 1.165) is 0 Å². The second kappa shape index (κ2) is 3.08. The molecule has 0 aromatic carbocycles. The SMILES string of the molecule is B1CCCCCN1. The van der Waals surface area contributed by atoms with Crippen molar-refractivity contribution in [2.24, 2.45) is 0 Å². The summed E-state index contributed by atoms with van der Waals surface area (Å²) in [5.74, 6) is 0. The second-order valence-corrected chi connectivity index (χ2v) is 2.16. The Hall–Kier alpha value is 0.0249. The molecule has 2 heteroatoms. The first-order valence-corrected chi connectivity index (χ1v) is 3.21. The lowest BCUT2D eigenvalue weighted by Gasteiger charge is -1.90. The molecule has 0 radical (unpaired) electrons. The van der Waals surface area contributed by atoms with Gasteiger partial charge in [0.1, 0.15) is 0 Å². The van der Waals surface area contributed by atoms with Crippen LogP contribution in [0.2, 0.25) is 6.32 Å². The summed E-state index contributed by atoms with van der Waals surface area (Å²) in [6.07, 6.45) is 5.65. The average molecular weight is 97.0 g/mol. The molecule has 0 spiro atoms. The van der Waals surface area contributed by atoms with Crippen molar-refractivity contribution in [2.75, 3.05) is 6.54 Å². The van der Waals surface area contributed by atoms with E-state index in [1.165, 1.54) is 39.5 Å². The van der Waals surface area contributed by atoms with Crippen LogP contribution in [0.4, 0.5) is 0 Å².